The molecule has 2 aromatic carbocycles. The Morgan fingerprint density at radius 1 is 1.15 bits per heavy atom. The normalized spacial score (nSPS) is 11.4. The number of rotatable bonds is 4. The smallest absolute Gasteiger partial charge is 0.278 e. The van der Waals surface area contributed by atoms with Gasteiger partial charge in [-0.1, -0.05) is 22.9 Å². The molecule has 140 valence electrons. The maximum Gasteiger partial charge on any atom is 0.278 e. The summed E-state index contributed by atoms with van der Waals surface area (Å²) in [4.78, 5) is 12.4. The van der Waals surface area contributed by atoms with Gasteiger partial charge in [-0.25, -0.2) is 18.2 Å². The zero-order valence-electron chi connectivity index (χ0n) is 14.5. The molecule has 3 aromatic rings. The van der Waals surface area contributed by atoms with Gasteiger partial charge in [-0.05, 0) is 55.8 Å². The second-order valence-corrected chi connectivity index (χ2v) is 7.86. The van der Waals surface area contributed by atoms with E-state index in [1.165, 1.54) is 28.9 Å². The molecular weight excluding hydrogens is 390 g/mol. The molecule has 3 N–H and O–H groups in total. The Morgan fingerprint density at radius 2 is 1.81 bits per heavy atom. The van der Waals surface area contributed by atoms with E-state index in [2.05, 4.69) is 15.6 Å². The van der Waals surface area contributed by atoms with Gasteiger partial charge in [-0.3, -0.25) is 4.79 Å². The Labute approximate surface area is 161 Å². The van der Waals surface area contributed by atoms with Gasteiger partial charge in [0.1, 0.15) is 0 Å². The van der Waals surface area contributed by atoms with Gasteiger partial charge in [0.25, 0.3) is 5.91 Å². The van der Waals surface area contributed by atoms with Crippen molar-refractivity contribution in [3.05, 3.63) is 64.4 Å². The van der Waals surface area contributed by atoms with Crippen LogP contribution in [-0.4, -0.2) is 29.3 Å². The first kappa shape index (κ1) is 19.0. The largest absolute Gasteiger partial charge is 0.321 e. The number of hydrogen-bond acceptors (Lipinski definition) is 5. The van der Waals surface area contributed by atoms with Gasteiger partial charge in [0, 0.05) is 10.7 Å². The molecule has 0 aliphatic rings. The molecular formula is C17H16ClN5O3S. The number of nitrogens with one attached hydrogen (secondary N) is 1. The van der Waals surface area contributed by atoms with Crippen LogP contribution in [0, 0.1) is 13.8 Å². The van der Waals surface area contributed by atoms with E-state index in [4.69, 9.17) is 16.7 Å². The summed E-state index contributed by atoms with van der Waals surface area (Å²) in [5.41, 5.74) is 2.70. The fourth-order valence-corrected chi connectivity index (χ4v) is 3.11. The van der Waals surface area contributed by atoms with Gasteiger partial charge in [0.15, 0.2) is 5.69 Å². The molecule has 0 aliphatic carbocycles. The summed E-state index contributed by atoms with van der Waals surface area (Å²) < 4.78 is 24.1. The van der Waals surface area contributed by atoms with Crippen molar-refractivity contribution in [3.8, 4) is 5.69 Å². The molecule has 8 nitrogen and oxygen atoms in total. The number of amides is 1. The molecule has 0 bridgehead atoms. The van der Waals surface area contributed by atoms with Crippen molar-refractivity contribution in [2.45, 2.75) is 18.7 Å². The quantitative estimate of drug-likeness (QED) is 0.690. The van der Waals surface area contributed by atoms with E-state index in [0.29, 0.717) is 22.1 Å². The van der Waals surface area contributed by atoms with Crippen molar-refractivity contribution in [1.82, 2.24) is 15.0 Å². The van der Waals surface area contributed by atoms with Crippen molar-refractivity contribution in [2.24, 2.45) is 5.14 Å². The minimum atomic E-state index is -3.79. The highest BCUT2D eigenvalue weighted by Gasteiger charge is 2.18. The van der Waals surface area contributed by atoms with Crippen molar-refractivity contribution in [3.63, 3.8) is 0 Å². The molecule has 1 aromatic heterocycles. The lowest BCUT2D eigenvalue weighted by atomic mass is 10.2. The summed E-state index contributed by atoms with van der Waals surface area (Å²) in [5.74, 6) is -0.472. The molecule has 10 heteroatoms. The molecule has 0 aliphatic heterocycles. The number of hydrogen-bond donors (Lipinski definition) is 2. The van der Waals surface area contributed by atoms with Crippen LogP contribution in [-0.2, 0) is 10.0 Å². The van der Waals surface area contributed by atoms with Crippen LogP contribution in [0.4, 0.5) is 5.69 Å². The third-order valence-electron chi connectivity index (χ3n) is 3.95. The van der Waals surface area contributed by atoms with Crippen LogP contribution < -0.4 is 10.5 Å². The highest BCUT2D eigenvalue weighted by molar-refractivity contribution is 7.89. The molecule has 0 fully saturated rings. The standard InChI is InChI=1S/C17H16ClN5O3S/c1-10-3-6-13(9-15(10)18)23-11(2)16(21-22-23)17(24)20-12-4-7-14(8-5-12)27(19,25)26/h3-9H,1-2H3,(H,20,24)(H2,19,25,26). The topological polar surface area (TPSA) is 120 Å². The molecule has 27 heavy (non-hydrogen) atoms. The molecule has 0 radical (unpaired) electrons. The molecule has 3 rings (SSSR count). The van der Waals surface area contributed by atoms with Crippen molar-refractivity contribution < 1.29 is 13.2 Å². The molecule has 1 heterocycles. The van der Waals surface area contributed by atoms with Crippen LogP contribution in [0.25, 0.3) is 5.69 Å². The van der Waals surface area contributed by atoms with E-state index in [-0.39, 0.29) is 10.6 Å². The van der Waals surface area contributed by atoms with Gasteiger partial charge in [-0.2, -0.15) is 0 Å². The van der Waals surface area contributed by atoms with Crippen LogP contribution in [0.3, 0.4) is 0 Å². The Hall–Kier alpha value is -2.75. The molecule has 0 saturated carbocycles. The van der Waals surface area contributed by atoms with Crippen molar-refractivity contribution >= 4 is 33.2 Å². The lowest BCUT2D eigenvalue weighted by molar-refractivity contribution is 0.102. The summed E-state index contributed by atoms with van der Waals surface area (Å²) in [6.07, 6.45) is 0. The van der Waals surface area contributed by atoms with Crippen LogP contribution in [0.15, 0.2) is 47.4 Å². The summed E-state index contributed by atoms with van der Waals surface area (Å²) in [5, 5.41) is 16.2. The Balaban J connectivity index is 1.84. The van der Waals surface area contributed by atoms with Gasteiger partial charge >= 0.3 is 0 Å². The minimum Gasteiger partial charge on any atom is -0.321 e. The van der Waals surface area contributed by atoms with Crippen LogP contribution in [0.5, 0.6) is 0 Å². The number of nitrogens with two attached hydrogens (primary N) is 1. The number of primary sulfonamides is 1. The highest BCUT2D eigenvalue weighted by Crippen LogP contribution is 2.21. The second-order valence-electron chi connectivity index (χ2n) is 5.89. The fourth-order valence-electron chi connectivity index (χ4n) is 2.42. The minimum absolute atomic E-state index is 0.0427. The Morgan fingerprint density at radius 3 is 2.41 bits per heavy atom. The van der Waals surface area contributed by atoms with E-state index >= 15 is 0 Å². The Kier molecular flexibility index (Phi) is 5.01. The molecule has 0 saturated heterocycles. The second kappa shape index (κ2) is 7.10. The van der Waals surface area contributed by atoms with E-state index in [1.807, 2.05) is 19.1 Å². The number of carbonyl (C=O) groups is 1. The average molecular weight is 406 g/mol. The zero-order valence-corrected chi connectivity index (χ0v) is 16.0. The third-order valence-corrected chi connectivity index (χ3v) is 5.29. The summed E-state index contributed by atoms with van der Waals surface area (Å²) >= 11 is 6.15. The van der Waals surface area contributed by atoms with Gasteiger partial charge < -0.3 is 5.32 Å². The van der Waals surface area contributed by atoms with Crippen molar-refractivity contribution in [2.75, 3.05) is 5.32 Å². The van der Waals surface area contributed by atoms with Gasteiger partial charge in [0.05, 0.1) is 16.3 Å². The third kappa shape index (κ3) is 4.00. The lowest BCUT2D eigenvalue weighted by Crippen LogP contribution is -2.15. The summed E-state index contributed by atoms with van der Waals surface area (Å²) in [6, 6.07) is 10.9. The van der Waals surface area contributed by atoms with Crippen LogP contribution in [0.2, 0.25) is 5.02 Å². The maximum absolute atomic E-state index is 12.5. The SMILES string of the molecule is Cc1ccc(-n2nnc(C(=O)Nc3ccc(S(N)(=O)=O)cc3)c2C)cc1Cl. The molecule has 0 spiro atoms. The predicted octanol–water partition coefficient (Wildman–Crippen LogP) is 2.44. The highest BCUT2D eigenvalue weighted by atomic mass is 35.5. The molecule has 1 amide bonds. The lowest BCUT2D eigenvalue weighted by Gasteiger charge is -2.07. The zero-order chi connectivity index (χ0) is 19.8. The van der Waals surface area contributed by atoms with E-state index in [9.17, 15) is 13.2 Å². The maximum atomic E-state index is 12.5. The summed E-state index contributed by atoms with van der Waals surface area (Å²) in [6.45, 7) is 3.60. The number of aryl methyl sites for hydroxylation is 1. The van der Waals surface area contributed by atoms with Crippen LogP contribution >= 0.6 is 11.6 Å². The first-order valence-corrected chi connectivity index (χ1v) is 9.72. The van der Waals surface area contributed by atoms with Crippen LogP contribution in [0.1, 0.15) is 21.7 Å². The molecule has 0 unspecified atom stereocenters. The number of anilines is 1. The number of carbonyl (C=O) groups excluding carboxylic acids is 1. The predicted molar refractivity (Wildman–Crippen MR) is 102 cm³/mol. The number of nitrogens with zero attached hydrogens (tertiary/aromatic N) is 3. The van der Waals surface area contributed by atoms with E-state index in [0.717, 1.165) is 5.56 Å². The van der Waals surface area contributed by atoms with E-state index < -0.39 is 15.9 Å². The Bertz CT molecular complexity index is 1120. The van der Waals surface area contributed by atoms with Gasteiger partial charge in [-0.15, -0.1) is 5.10 Å². The average Bonchev–Trinajstić information content (AvgIpc) is 2.98. The van der Waals surface area contributed by atoms with Gasteiger partial charge in [0.2, 0.25) is 10.0 Å². The molecule has 0 atom stereocenters. The number of sulfonamides is 1. The first-order chi connectivity index (χ1) is 12.7. The first-order valence-electron chi connectivity index (χ1n) is 7.80. The summed E-state index contributed by atoms with van der Waals surface area (Å²) in [7, 11) is -3.79. The number of halogens is 1. The fraction of sp³-hybridized carbons (Fsp3) is 0.118. The number of benzene rings is 2. The van der Waals surface area contributed by atoms with Crippen molar-refractivity contribution in [1.29, 1.82) is 0 Å². The van der Waals surface area contributed by atoms with E-state index in [1.54, 1.807) is 13.0 Å². The monoisotopic (exact) mass is 405 g/mol. The number of aromatic nitrogens is 3.